The standard InChI is InChI=1S/C20H18N4O4/c1-27-19(25)13-6-5-7-14(10-13)23-17-11-18(22-12-21-17)24-16-9-4-3-8-15(16)20(26)28-2/h3-12H,1-2H3,(H2,21,22,23,24). The van der Waals surface area contributed by atoms with Crippen molar-refractivity contribution >= 4 is 34.9 Å². The van der Waals surface area contributed by atoms with Crippen LogP contribution in [-0.4, -0.2) is 36.1 Å². The molecule has 1 aromatic heterocycles. The molecule has 0 amide bonds. The largest absolute Gasteiger partial charge is 0.465 e. The van der Waals surface area contributed by atoms with Gasteiger partial charge in [-0.05, 0) is 30.3 Å². The van der Waals surface area contributed by atoms with E-state index in [4.69, 9.17) is 9.47 Å². The lowest BCUT2D eigenvalue weighted by Gasteiger charge is -2.11. The molecule has 0 fully saturated rings. The number of methoxy groups -OCH3 is 2. The molecular weight excluding hydrogens is 360 g/mol. The number of nitrogens with zero attached hydrogens (tertiary/aromatic N) is 2. The van der Waals surface area contributed by atoms with Crippen molar-refractivity contribution in [2.24, 2.45) is 0 Å². The molecule has 28 heavy (non-hydrogen) atoms. The summed E-state index contributed by atoms with van der Waals surface area (Å²) < 4.78 is 9.52. The normalized spacial score (nSPS) is 10.1. The Kier molecular flexibility index (Phi) is 5.81. The van der Waals surface area contributed by atoms with E-state index in [0.29, 0.717) is 34.1 Å². The predicted molar refractivity (Wildman–Crippen MR) is 104 cm³/mol. The summed E-state index contributed by atoms with van der Waals surface area (Å²) >= 11 is 0. The summed E-state index contributed by atoms with van der Waals surface area (Å²) in [5.74, 6) is 0.122. The summed E-state index contributed by atoms with van der Waals surface area (Å²) in [6.45, 7) is 0. The number of rotatable bonds is 6. The topological polar surface area (TPSA) is 102 Å². The van der Waals surface area contributed by atoms with Crippen molar-refractivity contribution in [3.63, 3.8) is 0 Å². The highest BCUT2D eigenvalue weighted by molar-refractivity contribution is 5.96. The van der Waals surface area contributed by atoms with Crippen LogP contribution in [0.3, 0.4) is 0 Å². The molecule has 0 unspecified atom stereocenters. The van der Waals surface area contributed by atoms with Crippen molar-refractivity contribution in [1.82, 2.24) is 9.97 Å². The van der Waals surface area contributed by atoms with Gasteiger partial charge in [-0.2, -0.15) is 0 Å². The van der Waals surface area contributed by atoms with Crippen molar-refractivity contribution in [3.8, 4) is 0 Å². The average Bonchev–Trinajstić information content (AvgIpc) is 2.73. The van der Waals surface area contributed by atoms with E-state index in [-0.39, 0.29) is 0 Å². The molecule has 0 atom stereocenters. The van der Waals surface area contributed by atoms with E-state index < -0.39 is 11.9 Å². The monoisotopic (exact) mass is 378 g/mol. The van der Waals surface area contributed by atoms with Crippen LogP contribution in [0.15, 0.2) is 60.9 Å². The van der Waals surface area contributed by atoms with E-state index in [2.05, 4.69) is 20.6 Å². The predicted octanol–water partition coefficient (Wildman–Crippen LogP) is 3.54. The lowest BCUT2D eigenvalue weighted by molar-refractivity contribution is 0.0592. The van der Waals surface area contributed by atoms with Crippen LogP contribution in [0.25, 0.3) is 0 Å². The average molecular weight is 378 g/mol. The minimum Gasteiger partial charge on any atom is -0.465 e. The number of hydrogen-bond donors (Lipinski definition) is 2. The lowest BCUT2D eigenvalue weighted by Crippen LogP contribution is -2.06. The number of benzene rings is 2. The zero-order chi connectivity index (χ0) is 19.9. The van der Waals surface area contributed by atoms with Crippen LogP contribution in [0.5, 0.6) is 0 Å². The highest BCUT2D eigenvalue weighted by atomic mass is 16.5. The second-order valence-corrected chi connectivity index (χ2v) is 5.65. The maximum Gasteiger partial charge on any atom is 0.339 e. The first-order chi connectivity index (χ1) is 13.6. The summed E-state index contributed by atoms with van der Waals surface area (Å²) in [5.41, 5.74) is 2.05. The number of nitrogens with one attached hydrogen (secondary N) is 2. The molecule has 0 aliphatic heterocycles. The fourth-order valence-electron chi connectivity index (χ4n) is 2.50. The number of para-hydroxylation sites is 1. The molecule has 8 heteroatoms. The first-order valence-corrected chi connectivity index (χ1v) is 8.32. The zero-order valence-corrected chi connectivity index (χ0v) is 15.3. The van der Waals surface area contributed by atoms with Gasteiger partial charge >= 0.3 is 11.9 Å². The second kappa shape index (κ2) is 8.63. The summed E-state index contributed by atoms with van der Waals surface area (Å²) in [5, 5.41) is 6.19. The Hall–Kier alpha value is -3.94. The summed E-state index contributed by atoms with van der Waals surface area (Å²) in [7, 11) is 2.66. The Bertz CT molecular complexity index is 1010. The molecule has 3 aromatic rings. The highest BCUT2D eigenvalue weighted by Crippen LogP contribution is 2.23. The summed E-state index contributed by atoms with van der Waals surface area (Å²) in [6, 6.07) is 15.5. The number of anilines is 4. The van der Waals surface area contributed by atoms with Gasteiger partial charge in [0.1, 0.15) is 18.0 Å². The minimum absolute atomic E-state index is 0.393. The molecule has 0 bridgehead atoms. The van der Waals surface area contributed by atoms with Gasteiger partial charge < -0.3 is 20.1 Å². The van der Waals surface area contributed by atoms with Gasteiger partial charge in [0.25, 0.3) is 0 Å². The smallest absolute Gasteiger partial charge is 0.339 e. The Morgan fingerprint density at radius 1 is 0.821 bits per heavy atom. The van der Waals surface area contributed by atoms with Crippen LogP contribution < -0.4 is 10.6 Å². The fraction of sp³-hybridized carbons (Fsp3) is 0.100. The quantitative estimate of drug-likeness (QED) is 0.628. The molecule has 0 saturated heterocycles. The van der Waals surface area contributed by atoms with Gasteiger partial charge in [-0.25, -0.2) is 19.6 Å². The molecule has 2 aromatic carbocycles. The molecule has 0 saturated carbocycles. The zero-order valence-electron chi connectivity index (χ0n) is 15.3. The van der Waals surface area contributed by atoms with E-state index in [1.165, 1.54) is 20.5 Å². The number of hydrogen-bond acceptors (Lipinski definition) is 8. The van der Waals surface area contributed by atoms with Crippen LogP contribution in [0, 0.1) is 0 Å². The van der Waals surface area contributed by atoms with Gasteiger partial charge in [-0.3, -0.25) is 0 Å². The van der Waals surface area contributed by atoms with E-state index in [9.17, 15) is 9.59 Å². The third-order valence-electron chi connectivity index (χ3n) is 3.82. The first-order valence-electron chi connectivity index (χ1n) is 8.32. The SMILES string of the molecule is COC(=O)c1cccc(Nc2cc(Nc3ccccc3C(=O)OC)ncn2)c1. The van der Waals surface area contributed by atoms with Crippen molar-refractivity contribution in [3.05, 3.63) is 72.1 Å². The van der Waals surface area contributed by atoms with Crippen LogP contribution >= 0.6 is 0 Å². The third kappa shape index (κ3) is 4.42. The molecule has 2 N–H and O–H groups in total. The van der Waals surface area contributed by atoms with Crippen LogP contribution in [0.1, 0.15) is 20.7 Å². The number of carbonyl (C=O) groups excluding carboxylic acids is 2. The highest BCUT2D eigenvalue weighted by Gasteiger charge is 2.12. The molecule has 8 nitrogen and oxygen atoms in total. The number of esters is 2. The molecule has 0 aliphatic rings. The van der Waals surface area contributed by atoms with Gasteiger partial charge in [-0.15, -0.1) is 0 Å². The number of aromatic nitrogens is 2. The number of carbonyl (C=O) groups is 2. The van der Waals surface area contributed by atoms with Crippen LogP contribution in [-0.2, 0) is 9.47 Å². The molecule has 3 rings (SSSR count). The minimum atomic E-state index is -0.449. The fourth-order valence-corrected chi connectivity index (χ4v) is 2.50. The molecule has 0 spiro atoms. The van der Waals surface area contributed by atoms with Crippen molar-refractivity contribution < 1.29 is 19.1 Å². The van der Waals surface area contributed by atoms with Gasteiger partial charge in [0.05, 0.1) is 31.0 Å². The van der Waals surface area contributed by atoms with E-state index in [0.717, 1.165) is 0 Å². The molecule has 142 valence electrons. The summed E-state index contributed by atoms with van der Waals surface area (Å²) in [6.07, 6.45) is 1.38. The molecule has 1 heterocycles. The van der Waals surface area contributed by atoms with Gasteiger partial charge in [0.2, 0.25) is 0 Å². The van der Waals surface area contributed by atoms with Crippen LogP contribution in [0.2, 0.25) is 0 Å². The Morgan fingerprint density at radius 3 is 2.29 bits per heavy atom. The Morgan fingerprint density at radius 2 is 1.54 bits per heavy atom. The van der Waals surface area contributed by atoms with E-state index in [1.54, 1.807) is 54.6 Å². The number of ether oxygens (including phenoxy) is 2. The van der Waals surface area contributed by atoms with Crippen molar-refractivity contribution in [2.45, 2.75) is 0 Å². The van der Waals surface area contributed by atoms with E-state index >= 15 is 0 Å². The van der Waals surface area contributed by atoms with Gasteiger partial charge in [0.15, 0.2) is 0 Å². The molecule has 0 aliphatic carbocycles. The Balaban J connectivity index is 1.81. The first kappa shape index (κ1) is 18.8. The third-order valence-corrected chi connectivity index (χ3v) is 3.82. The van der Waals surface area contributed by atoms with Crippen LogP contribution in [0.4, 0.5) is 23.0 Å². The molecule has 0 radical (unpaired) electrons. The Labute approximate surface area is 161 Å². The van der Waals surface area contributed by atoms with Gasteiger partial charge in [-0.1, -0.05) is 18.2 Å². The maximum absolute atomic E-state index is 11.9. The maximum atomic E-state index is 11.9. The lowest BCUT2D eigenvalue weighted by atomic mass is 10.2. The van der Waals surface area contributed by atoms with Gasteiger partial charge in [0, 0.05) is 11.8 Å². The van der Waals surface area contributed by atoms with E-state index in [1.807, 2.05) is 0 Å². The van der Waals surface area contributed by atoms with Crippen molar-refractivity contribution in [1.29, 1.82) is 0 Å². The molecular formula is C20H18N4O4. The van der Waals surface area contributed by atoms with Crippen molar-refractivity contribution in [2.75, 3.05) is 24.9 Å². The summed E-state index contributed by atoms with van der Waals surface area (Å²) in [4.78, 5) is 31.9. The second-order valence-electron chi connectivity index (χ2n) is 5.65.